The summed E-state index contributed by atoms with van der Waals surface area (Å²) in [6.45, 7) is 3.79. The van der Waals surface area contributed by atoms with Crippen LogP contribution in [0.3, 0.4) is 0 Å². The molecule has 1 saturated heterocycles. The van der Waals surface area contributed by atoms with Crippen LogP contribution in [0.2, 0.25) is 0 Å². The van der Waals surface area contributed by atoms with E-state index >= 15 is 0 Å². The molecule has 1 unspecified atom stereocenters. The molecule has 0 aromatic carbocycles. The molecule has 1 amide bonds. The zero-order valence-corrected chi connectivity index (χ0v) is 14.6. The van der Waals surface area contributed by atoms with Crippen molar-refractivity contribution in [3.63, 3.8) is 0 Å². The Hall–Kier alpha value is -2.13. The number of piperidine rings is 1. The van der Waals surface area contributed by atoms with Gasteiger partial charge in [0.25, 0.3) is 0 Å². The molecule has 9 heteroatoms. The maximum Gasteiger partial charge on any atom is 0.236 e. The van der Waals surface area contributed by atoms with Crippen molar-refractivity contribution in [2.75, 3.05) is 32.0 Å². The molecule has 3 rings (SSSR count). The van der Waals surface area contributed by atoms with Crippen molar-refractivity contribution < 1.29 is 4.79 Å². The van der Waals surface area contributed by atoms with E-state index in [4.69, 9.17) is 0 Å². The van der Waals surface area contributed by atoms with Crippen LogP contribution in [0.4, 0.5) is 10.9 Å². The van der Waals surface area contributed by atoms with Crippen molar-refractivity contribution in [1.29, 1.82) is 0 Å². The molecular weight excluding hydrogens is 326 g/mol. The van der Waals surface area contributed by atoms with E-state index in [0.29, 0.717) is 24.0 Å². The van der Waals surface area contributed by atoms with Crippen molar-refractivity contribution in [3.8, 4) is 0 Å². The lowest BCUT2D eigenvalue weighted by Gasteiger charge is -2.32. The third-order valence-corrected chi connectivity index (χ3v) is 4.54. The molecular formula is C15H21N7OS. The molecule has 1 fully saturated rings. The van der Waals surface area contributed by atoms with E-state index < -0.39 is 0 Å². The summed E-state index contributed by atoms with van der Waals surface area (Å²) >= 11 is 1.42. The van der Waals surface area contributed by atoms with Gasteiger partial charge in [-0.3, -0.25) is 4.79 Å². The summed E-state index contributed by atoms with van der Waals surface area (Å²) in [7, 11) is 1.79. The van der Waals surface area contributed by atoms with E-state index in [1.807, 2.05) is 17.9 Å². The van der Waals surface area contributed by atoms with Crippen molar-refractivity contribution in [1.82, 2.24) is 30.4 Å². The van der Waals surface area contributed by atoms with Crippen LogP contribution in [0.5, 0.6) is 0 Å². The number of nitrogens with one attached hydrogen (secondary N) is 2. The fourth-order valence-corrected chi connectivity index (χ4v) is 3.30. The largest absolute Gasteiger partial charge is 0.341 e. The number of likely N-dealkylation sites (N-methyl/N-ethyl adjacent to an activating group) is 1. The first-order valence-corrected chi connectivity index (χ1v) is 8.85. The van der Waals surface area contributed by atoms with Crippen LogP contribution in [0, 0.1) is 6.92 Å². The van der Waals surface area contributed by atoms with Crippen LogP contribution in [-0.2, 0) is 4.79 Å². The Morgan fingerprint density at radius 3 is 3.08 bits per heavy atom. The van der Waals surface area contributed by atoms with Crippen LogP contribution in [0.15, 0.2) is 11.6 Å². The monoisotopic (exact) mass is 347 g/mol. The summed E-state index contributed by atoms with van der Waals surface area (Å²) in [6, 6.07) is 1.89. The molecule has 2 N–H and O–H groups in total. The highest BCUT2D eigenvalue weighted by Crippen LogP contribution is 2.26. The fourth-order valence-electron chi connectivity index (χ4n) is 2.85. The molecule has 1 aliphatic heterocycles. The second-order valence-corrected chi connectivity index (χ2v) is 6.66. The number of amides is 1. The van der Waals surface area contributed by atoms with E-state index in [-0.39, 0.29) is 11.8 Å². The molecule has 1 atom stereocenters. The maximum atomic E-state index is 12.1. The summed E-state index contributed by atoms with van der Waals surface area (Å²) in [4.78, 5) is 23.2. The molecule has 2 aromatic heterocycles. The summed E-state index contributed by atoms with van der Waals surface area (Å²) in [6.07, 6.45) is 1.96. The van der Waals surface area contributed by atoms with Gasteiger partial charge in [-0.25, -0.2) is 9.97 Å². The van der Waals surface area contributed by atoms with Crippen LogP contribution in [0.1, 0.15) is 30.3 Å². The number of anilines is 2. The predicted octanol–water partition coefficient (Wildman–Crippen LogP) is 1.31. The van der Waals surface area contributed by atoms with E-state index in [0.717, 1.165) is 30.9 Å². The highest BCUT2D eigenvalue weighted by molar-refractivity contribution is 7.13. The second-order valence-electron chi connectivity index (χ2n) is 5.83. The number of carbonyl (C=O) groups excluding carboxylic acids is 1. The van der Waals surface area contributed by atoms with Crippen LogP contribution >= 0.6 is 11.3 Å². The normalized spacial score (nSPS) is 17.8. The molecule has 0 saturated carbocycles. The lowest BCUT2D eigenvalue weighted by atomic mass is 9.97. The molecule has 0 bridgehead atoms. The van der Waals surface area contributed by atoms with E-state index in [9.17, 15) is 4.79 Å². The average Bonchev–Trinajstić information content (AvgIpc) is 3.07. The highest BCUT2D eigenvalue weighted by Gasteiger charge is 2.26. The van der Waals surface area contributed by atoms with Gasteiger partial charge >= 0.3 is 0 Å². The minimum atomic E-state index is 0.127. The van der Waals surface area contributed by atoms with Crippen molar-refractivity contribution in [3.05, 3.63) is 23.1 Å². The number of aromatic nitrogens is 4. The number of hydrogen-bond donors (Lipinski definition) is 2. The first-order chi connectivity index (χ1) is 11.7. The van der Waals surface area contributed by atoms with Gasteiger partial charge in [0, 0.05) is 30.8 Å². The van der Waals surface area contributed by atoms with Gasteiger partial charge in [-0.2, -0.15) is 0 Å². The summed E-state index contributed by atoms with van der Waals surface area (Å²) in [5, 5.41) is 14.6. The van der Waals surface area contributed by atoms with Crippen molar-refractivity contribution >= 4 is 28.2 Å². The number of aryl methyl sites for hydroxylation is 1. The Morgan fingerprint density at radius 2 is 2.33 bits per heavy atom. The fraction of sp³-hybridized carbons (Fsp3) is 0.533. The zero-order chi connectivity index (χ0) is 16.9. The summed E-state index contributed by atoms with van der Waals surface area (Å²) in [5.41, 5.74) is 2.56. The Bertz CT molecular complexity index is 691. The first kappa shape index (κ1) is 16.7. The zero-order valence-electron chi connectivity index (χ0n) is 13.8. The van der Waals surface area contributed by atoms with Gasteiger partial charge in [0.05, 0.1) is 6.54 Å². The minimum Gasteiger partial charge on any atom is -0.341 e. The van der Waals surface area contributed by atoms with Gasteiger partial charge in [0.15, 0.2) is 0 Å². The number of nitrogens with zero attached hydrogens (tertiary/aromatic N) is 5. The van der Waals surface area contributed by atoms with Gasteiger partial charge in [-0.15, -0.1) is 10.2 Å². The lowest BCUT2D eigenvalue weighted by molar-refractivity contribution is -0.131. The predicted molar refractivity (Wildman–Crippen MR) is 92.4 cm³/mol. The number of likely N-dealkylation sites (tertiary alicyclic amines) is 1. The van der Waals surface area contributed by atoms with Crippen molar-refractivity contribution in [2.45, 2.75) is 25.7 Å². The maximum absolute atomic E-state index is 12.1. The summed E-state index contributed by atoms with van der Waals surface area (Å²) in [5.74, 6) is 1.79. The topological polar surface area (TPSA) is 95.9 Å². The first-order valence-electron chi connectivity index (χ1n) is 7.97. The van der Waals surface area contributed by atoms with E-state index in [1.54, 1.807) is 12.6 Å². The molecule has 0 aliphatic carbocycles. The molecule has 8 nitrogen and oxygen atoms in total. The third-order valence-electron chi connectivity index (χ3n) is 3.93. The van der Waals surface area contributed by atoms with Gasteiger partial charge in [-0.05, 0) is 26.8 Å². The SMILES string of the molecule is CNCC(=O)N1CCCC(c2nc(C)cc(Nc3nncs3)n2)C1. The molecule has 0 spiro atoms. The molecule has 3 heterocycles. The van der Waals surface area contributed by atoms with Gasteiger partial charge in [-0.1, -0.05) is 11.3 Å². The molecule has 1 aliphatic rings. The van der Waals surface area contributed by atoms with Crippen LogP contribution in [-0.4, -0.2) is 57.7 Å². The van der Waals surface area contributed by atoms with Gasteiger partial charge in [0.2, 0.25) is 11.0 Å². The molecule has 128 valence electrons. The smallest absolute Gasteiger partial charge is 0.236 e. The Morgan fingerprint density at radius 1 is 1.46 bits per heavy atom. The van der Waals surface area contributed by atoms with Crippen LogP contribution in [0.25, 0.3) is 0 Å². The minimum absolute atomic E-state index is 0.127. The average molecular weight is 347 g/mol. The van der Waals surface area contributed by atoms with Crippen molar-refractivity contribution in [2.24, 2.45) is 0 Å². The molecule has 24 heavy (non-hydrogen) atoms. The van der Waals surface area contributed by atoms with Gasteiger partial charge in [0.1, 0.15) is 17.2 Å². The Labute approximate surface area is 144 Å². The van der Waals surface area contributed by atoms with E-state index in [2.05, 4.69) is 30.8 Å². The molecule has 2 aromatic rings. The number of hydrogen-bond acceptors (Lipinski definition) is 8. The number of carbonyl (C=O) groups is 1. The lowest BCUT2D eigenvalue weighted by Crippen LogP contribution is -2.43. The Balaban J connectivity index is 1.75. The standard InChI is InChI=1S/C15H21N7OS/c1-10-6-12(20-15-21-17-9-24-15)19-14(18-10)11-4-3-5-22(8-11)13(23)7-16-2/h6,9,11,16H,3-5,7-8H2,1-2H3,(H,18,19,20,21). The van der Waals surface area contributed by atoms with E-state index in [1.165, 1.54) is 11.3 Å². The third kappa shape index (κ3) is 4.04. The highest BCUT2D eigenvalue weighted by atomic mass is 32.1. The van der Waals surface area contributed by atoms with Gasteiger partial charge < -0.3 is 15.5 Å². The molecule has 0 radical (unpaired) electrons. The summed E-state index contributed by atoms with van der Waals surface area (Å²) < 4.78 is 0. The van der Waals surface area contributed by atoms with Crippen LogP contribution < -0.4 is 10.6 Å². The second kappa shape index (κ2) is 7.63. The quantitative estimate of drug-likeness (QED) is 0.842. The number of rotatable bonds is 5. The Kier molecular flexibility index (Phi) is 5.31.